The second-order valence-electron chi connectivity index (χ2n) is 8.15. The molecule has 0 unspecified atom stereocenters. The van der Waals surface area contributed by atoms with E-state index in [0.29, 0.717) is 24.7 Å². The highest BCUT2D eigenvalue weighted by Crippen LogP contribution is 2.25. The number of hydrogen-bond donors (Lipinski definition) is 2. The molecule has 0 aliphatic heterocycles. The zero-order valence-corrected chi connectivity index (χ0v) is 18.4. The molecular formula is C26H32N2O2. The summed E-state index contributed by atoms with van der Waals surface area (Å²) in [6.45, 7) is 9.45. The van der Waals surface area contributed by atoms with Crippen LogP contribution in [0.4, 0.5) is 0 Å². The van der Waals surface area contributed by atoms with E-state index in [1.165, 1.54) is 16.7 Å². The Morgan fingerprint density at radius 2 is 1.67 bits per heavy atom. The summed E-state index contributed by atoms with van der Waals surface area (Å²) >= 11 is 0. The van der Waals surface area contributed by atoms with Crippen LogP contribution < -0.4 is 5.32 Å². The molecule has 0 radical (unpaired) electrons. The average molecular weight is 405 g/mol. The Labute approximate surface area is 179 Å². The third-order valence-corrected chi connectivity index (χ3v) is 6.05. The number of rotatable bonds is 9. The fraction of sp³-hybridized carbons (Fsp3) is 0.346. The number of aryl methyl sites for hydroxylation is 2. The number of nitrogens with zero attached hydrogens (tertiary/aromatic N) is 1. The highest BCUT2D eigenvalue weighted by Gasteiger charge is 2.23. The molecule has 0 amide bonds. The molecule has 0 saturated carbocycles. The molecule has 0 fully saturated rings. The smallest absolute Gasteiger partial charge is 0.337 e. The molecule has 0 aliphatic carbocycles. The van der Waals surface area contributed by atoms with E-state index in [9.17, 15) is 9.90 Å². The van der Waals surface area contributed by atoms with Crippen LogP contribution in [-0.4, -0.2) is 21.7 Å². The molecule has 158 valence electrons. The maximum Gasteiger partial charge on any atom is 0.337 e. The summed E-state index contributed by atoms with van der Waals surface area (Å²) in [6.07, 6.45) is 2.02. The number of carbonyl (C=O) groups is 1. The molecule has 4 nitrogen and oxygen atoms in total. The van der Waals surface area contributed by atoms with Gasteiger partial charge >= 0.3 is 5.97 Å². The van der Waals surface area contributed by atoms with E-state index in [2.05, 4.69) is 60.1 Å². The third-order valence-electron chi connectivity index (χ3n) is 6.05. The molecule has 1 atom stereocenters. The van der Waals surface area contributed by atoms with Crippen LogP contribution in [0.25, 0.3) is 0 Å². The SMILES string of the molecule is Cc1ccccc1Cn1c(C)c(CN[C@@H](C)CCc2ccccc2)c(C(=O)O)c1C. The van der Waals surface area contributed by atoms with Crippen LogP contribution in [0, 0.1) is 20.8 Å². The molecule has 2 aromatic carbocycles. The molecule has 1 heterocycles. The standard InChI is InChI=1S/C26H32N2O2/c1-18-10-8-9-13-23(18)17-28-20(3)24(25(21(28)4)26(29)30)16-27-19(2)14-15-22-11-6-5-7-12-22/h5-13,19,27H,14-17H2,1-4H3,(H,29,30)/t19-/m0/s1. The predicted molar refractivity (Wildman–Crippen MR) is 122 cm³/mol. The van der Waals surface area contributed by atoms with Crippen LogP contribution in [-0.2, 0) is 19.5 Å². The van der Waals surface area contributed by atoms with Gasteiger partial charge in [-0.3, -0.25) is 0 Å². The van der Waals surface area contributed by atoms with E-state index in [4.69, 9.17) is 0 Å². The van der Waals surface area contributed by atoms with Gasteiger partial charge in [0.2, 0.25) is 0 Å². The predicted octanol–water partition coefficient (Wildman–Crippen LogP) is 5.27. The molecule has 0 spiro atoms. The van der Waals surface area contributed by atoms with Crippen molar-refractivity contribution in [1.29, 1.82) is 0 Å². The van der Waals surface area contributed by atoms with Crippen molar-refractivity contribution in [2.24, 2.45) is 0 Å². The highest BCUT2D eigenvalue weighted by atomic mass is 16.4. The summed E-state index contributed by atoms with van der Waals surface area (Å²) in [5, 5.41) is 13.4. The monoisotopic (exact) mass is 404 g/mol. The van der Waals surface area contributed by atoms with Gasteiger partial charge in [-0.05, 0) is 57.2 Å². The van der Waals surface area contributed by atoms with Gasteiger partial charge in [0.1, 0.15) is 0 Å². The molecule has 0 aliphatic rings. The summed E-state index contributed by atoms with van der Waals surface area (Å²) in [5.41, 5.74) is 6.92. The number of hydrogen-bond acceptors (Lipinski definition) is 2. The first-order valence-electron chi connectivity index (χ1n) is 10.6. The van der Waals surface area contributed by atoms with Crippen LogP contribution in [0.5, 0.6) is 0 Å². The van der Waals surface area contributed by atoms with Crippen molar-refractivity contribution in [2.45, 2.75) is 59.7 Å². The second kappa shape index (κ2) is 9.77. The summed E-state index contributed by atoms with van der Waals surface area (Å²) in [5.74, 6) is -0.854. The highest BCUT2D eigenvalue weighted by molar-refractivity contribution is 5.91. The van der Waals surface area contributed by atoms with Gasteiger partial charge in [0.05, 0.1) is 5.56 Å². The minimum Gasteiger partial charge on any atom is -0.478 e. The Morgan fingerprint density at radius 1 is 1.00 bits per heavy atom. The van der Waals surface area contributed by atoms with Crippen molar-refractivity contribution in [2.75, 3.05) is 0 Å². The largest absolute Gasteiger partial charge is 0.478 e. The molecule has 30 heavy (non-hydrogen) atoms. The van der Waals surface area contributed by atoms with Crippen molar-refractivity contribution in [3.8, 4) is 0 Å². The fourth-order valence-corrected chi connectivity index (χ4v) is 4.05. The van der Waals surface area contributed by atoms with Gasteiger partial charge < -0.3 is 15.0 Å². The lowest BCUT2D eigenvalue weighted by atomic mass is 10.1. The first-order valence-corrected chi connectivity index (χ1v) is 10.6. The number of carboxylic acids is 1. The zero-order chi connectivity index (χ0) is 21.7. The number of nitrogens with one attached hydrogen (secondary N) is 1. The molecule has 4 heteroatoms. The summed E-state index contributed by atoms with van der Waals surface area (Å²) in [6, 6.07) is 19.0. The van der Waals surface area contributed by atoms with E-state index in [1.54, 1.807) is 0 Å². The van der Waals surface area contributed by atoms with Crippen molar-refractivity contribution >= 4 is 5.97 Å². The van der Waals surface area contributed by atoms with Gasteiger partial charge in [-0.1, -0.05) is 54.6 Å². The van der Waals surface area contributed by atoms with Gasteiger partial charge in [0, 0.05) is 36.1 Å². The van der Waals surface area contributed by atoms with Crippen molar-refractivity contribution in [3.05, 3.63) is 93.8 Å². The van der Waals surface area contributed by atoms with E-state index in [1.807, 2.05) is 32.0 Å². The average Bonchev–Trinajstić information content (AvgIpc) is 2.97. The molecular weight excluding hydrogens is 372 g/mol. The zero-order valence-electron chi connectivity index (χ0n) is 18.4. The first-order chi connectivity index (χ1) is 14.4. The molecule has 2 N–H and O–H groups in total. The van der Waals surface area contributed by atoms with Gasteiger partial charge in [-0.25, -0.2) is 4.79 Å². The first kappa shape index (κ1) is 21.8. The van der Waals surface area contributed by atoms with Crippen molar-refractivity contribution in [1.82, 2.24) is 9.88 Å². The van der Waals surface area contributed by atoms with Gasteiger partial charge in [0.15, 0.2) is 0 Å². The molecule has 3 rings (SSSR count). The van der Waals surface area contributed by atoms with E-state index >= 15 is 0 Å². The molecule has 0 bridgehead atoms. The van der Waals surface area contributed by atoms with Gasteiger partial charge in [-0.2, -0.15) is 0 Å². The lowest BCUT2D eigenvalue weighted by Crippen LogP contribution is -2.27. The van der Waals surface area contributed by atoms with Crippen LogP contribution in [0.15, 0.2) is 54.6 Å². The lowest BCUT2D eigenvalue weighted by molar-refractivity contribution is 0.0694. The number of aromatic nitrogens is 1. The summed E-state index contributed by atoms with van der Waals surface area (Å²) in [7, 11) is 0. The fourth-order valence-electron chi connectivity index (χ4n) is 4.05. The molecule has 0 saturated heterocycles. The lowest BCUT2D eigenvalue weighted by Gasteiger charge is -2.15. The van der Waals surface area contributed by atoms with E-state index in [-0.39, 0.29) is 0 Å². The minimum absolute atomic E-state index is 0.297. The Balaban J connectivity index is 1.75. The Hall–Kier alpha value is -2.85. The Bertz CT molecular complexity index is 1010. The maximum atomic E-state index is 12.0. The second-order valence-corrected chi connectivity index (χ2v) is 8.15. The van der Waals surface area contributed by atoms with Gasteiger partial charge in [-0.15, -0.1) is 0 Å². The minimum atomic E-state index is -0.854. The quantitative estimate of drug-likeness (QED) is 0.511. The summed E-state index contributed by atoms with van der Waals surface area (Å²) < 4.78 is 2.14. The van der Waals surface area contributed by atoms with Crippen molar-refractivity contribution in [3.63, 3.8) is 0 Å². The Morgan fingerprint density at radius 3 is 2.33 bits per heavy atom. The van der Waals surface area contributed by atoms with Crippen LogP contribution >= 0.6 is 0 Å². The molecule has 1 aromatic heterocycles. The van der Waals surface area contributed by atoms with Gasteiger partial charge in [0.25, 0.3) is 0 Å². The number of carboxylic acid groups (broad SMARTS) is 1. The Kier molecular flexibility index (Phi) is 7.11. The number of benzene rings is 2. The van der Waals surface area contributed by atoms with E-state index < -0.39 is 5.97 Å². The third kappa shape index (κ3) is 5.00. The molecule has 3 aromatic rings. The van der Waals surface area contributed by atoms with Crippen LogP contribution in [0.1, 0.15) is 57.3 Å². The van der Waals surface area contributed by atoms with Crippen LogP contribution in [0.3, 0.4) is 0 Å². The normalized spacial score (nSPS) is 12.1. The number of aromatic carboxylic acids is 1. The van der Waals surface area contributed by atoms with E-state index in [0.717, 1.165) is 29.8 Å². The maximum absolute atomic E-state index is 12.0. The van der Waals surface area contributed by atoms with Crippen LogP contribution in [0.2, 0.25) is 0 Å². The summed E-state index contributed by atoms with van der Waals surface area (Å²) in [4.78, 5) is 12.0. The topological polar surface area (TPSA) is 54.3 Å². The van der Waals surface area contributed by atoms with Crippen molar-refractivity contribution < 1.29 is 9.90 Å².